The third-order valence-corrected chi connectivity index (χ3v) is 4.40. The number of fused-ring (bicyclic) bond motifs is 2. The zero-order valence-electron chi connectivity index (χ0n) is 11.0. The van der Waals surface area contributed by atoms with Gasteiger partial charge in [0.05, 0.1) is 18.8 Å². The lowest BCUT2D eigenvalue weighted by atomic mass is 9.81. The normalized spacial score (nSPS) is 31.2. The van der Waals surface area contributed by atoms with Gasteiger partial charge in [-0.2, -0.15) is 0 Å². The molecule has 0 saturated carbocycles. The van der Waals surface area contributed by atoms with Gasteiger partial charge in [-0.05, 0) is 32.0 Å². The van der Waals surface area contributed by atoms with Crippen LogP contribution in [0, 0.1) is 11.7 Å². The highest BCUT2D eigenvalue weighted by molar-refractivity contribution is 5.98. The van der Waals surface area contributed by atoms with Gasteiger partial charge in [0.2, 0.25) is 0 Å². The maximum absolute atomic E-state index is 13.7. The number of carbonyl (C=O) groups excluding carboxylic acids is 1. The number of hydrogen-bond acceptors (Lipinski definition) is 3. The van der Waals surface area contributed by atoms with E-state index < -0.39 is 5.82 Å². The Labute approximate surface area is 112 Å². The van der Waals surface area contributed by atoms with E-state index in [1.54, 1.807) is 18.2 Å². The van der Waals surface area contributed by atoms with Crippen molar-refractivity contribution < 1.29 is 13.9 Å². The Morgan fingerprint density at radius 2 is 1.89 bits per heavy atom. The molecule has 1 aromatic carbocycles. The van der Waals surface area contributed by atoms with E-state index in [-0.39, 0.29) is 29.3 Å². The Morgan fingerprint density at radius 3 is 2.53 bits per heavy atom. The van der Waals surface area contributed by atoms with E-state index >= 15 is 0 Å². The number of likely N-dealkylation sites (N-methyl/N-ethyl adjacent to an activating group) is 1. The van der Waals surface area contributed by atoms with Crippen LogP contribution in [0.4, 0.5) is 4.39 Å². The number of piperidine rings is 1. The van der Waals surface area contributed by atoms with Crippen LogP contribution in [0.3, 0.4) is 0 Å². The minimum Gasteiger partial charge on any atom is -0.378 e. The summed E-state index contributed by atoms with van der Waals surface area (Å²) >= 11 is 0. The number of rotatable bonds is 2. The largest absolute Gasteiger partial charge is 0.378 e. The average molecular weight is 263 g/mol. The zero-order valence-corrected chi connectivity index (χ0v) is 11.0. The molecule has 2 aliphatic rings. The van der Waals surface area contributed by atoms with Crippen LogP contribution in [0.5, 0.6) is 0 Å². The molecule has 3 rings (SSSR count). The highest BCUT2D eigenvalue weighted by Gasteiger charge is 2.39. The molecule has 3 nitrogen and oxygen atoms in total. The third-order valence-electron chi connectivity index (χ3n) is 4.40. The van der Waals surface area contributed by atoms with Crippen molar-refractivity contribution in [1.82, 2.24) is 4.90 Å². The van der Waals surface area contributed by atoms with Gasteiger partial charge in [-0.15, -0.1) is 0 Å². The Morgan fingerprint density at radius 1 is 1.26 bits per heavy atom. The van der Waals surface area contributed by atoms with Crippen molar-refractivity contribution in [3.63, 3.8) is 0 Å². The summed E-state index contributed by atoms with van der Waals surface area (Å²) < 4.78 is 19.2. The molecule has 2 aliphatic heterocycles. The van der Waals surface area contributed by atoms with Crippen LogP contribution in [0.25, 0.3) is 0 Å². The van der Waals surface area contributed by atoms with Gasteiger partial charge in [-0.25, -0.2) is 4.39 Å². The molecule has 0 aliphatic carbocycles. The lowest BCUT2D eigenvalue weighted by Gasteiger charge is -2.46. The van der Waals surface area contributed by atoms with Crippen LogP contribution in [0.15, 0.2) is 24.3 Å². The minimum atomic E-state index is -0.409. The molecule has 19 heavy (non-hydrogen) atoms. The molecule has 2 atom stereocenters. The lowest BCUT2D eigenvalue weighted by molar-refractivity contribution is -0.0702. The molecule has 2 fully saturated rings. The molecule has 4 heteroatoms. The smallest absolute Gasteiger partial charge is 0.169 e. The number of Topliss-reactive ketones (excluding diaryl/α,β-unsaturated/α-hetero) is 1. The van der Waals surface area contributed by atoms with E-state index in [0.29, 0.717) is 13.2 Å². The predicted molar refractivity (Wildman–Crippen MR) is 69.6 cm³/mol. The van der Waals surface area contributed by atoms with Gasteiger partial charge in [0.25, 0.3) is 0 Å². The maximum atomic E-state index is 13.7. The van der Waals surface area contributed by atoms with Crippen molar-refractivity contribution in [2.45, 2.75) is 24.9 Å². The summed E-state index contributed by atoms with van der Waals surface area (Å²) in [6, 6.07) is 6.84. The molecule has 0 aromatic heterocycles. The van der Waals surface area contributed by atoms with E-state index in [1.807, 2.05) is 0 Å². The molecule has 2 saturated heterocycles. The number of carbonyl (C=O) groups is 1. The fourth-order valence-electron chi connectivity index (χ4n) is 3.19. The van der Waals surface area contributed by atoms with Crippen molar-refractivity contribution in [3.05, 3.63) is 35.6 Å². The Balaban J connectivity index is 1.80. The van der Waals surface area contributed by atoms with Crippen molar-refractivity contribution in [2.24, 2.45) is 5.92 Å². The summed E-state index contributed by atoms with van der Waals surface area (Å²) in [6.45, 7) is 1.35. The first-order valence-electron chi connectivity index (χ1n) is 6.75. The molecule has 0 amide bonds. The van der Waals surface area contributed by atoms with Crippen LogP contribution in [0.1, 0.15) is 23.2 Å². The number of halogens is 1. The molecule has 0 N–H and O–H groups in total. The summed E-state index contributed by atoms with van der Waals surface area (Å²) in [5.41, 5.74) is 0.232. The van der Waals surface area contributed by atoms with Gasteiger partial charge in [0.15, 0.2) is 5.78 Å². The number of ether oxygens (including phenoxy) is 1. The molecule has 102 valence electrons. The van der Waals surface area contributed by atoms with E-state index in [0.717, 1.165) is 12.8 Å². The van der Waals surface area contributed by atoms with Gasteiger partial charge in [-0.1, -0.05) is 12.1 Å². The van der Waals surface area contributed by atoms with Gasteiger partial charge in [0, 0.05) is 18.0 Å². The monoisotopic (exact) mass is 263 g/mol. The van der Waals surface area contributed by atoms with E-state index in [2.05, 4.69) is 11.9 Å². The zero-order chi connectivity index (χ0) is 13.4. The van der Waals surface area contributed by atoms with E-state index in [4.69, 9.17) is 4.74 Å². The summed E-state index contributed by atoms with van der Waals surface area (Å²) in [5.74, 6) is -0.539. The second kappa shape index (κ2) is 5.02. The van der Waals surface area contributed by atoms with Gasteiger partial charge < -0.3 is 4.74 Å². The SMILES string of the molecule is CN1C2COCC1CC(C(=O)c1ccccc1F)C2. The first kappa shape index (κ1) is 12.8. The van der Waals surface area contributed by atoms with Gasteiger partial charge in [0.1, 0.15) is 5.82 Å². The second-order valence-electron chi connectivity index (χ2n) is 5.52. The fourth-order valence-corrected chi connectivity index (χ4v) is 3.19. The van der Waals surface area contributed by atoms with Crippen LogP contribution >= 0.6 is 0 Å². The van der Waals surface area contributed by atoms with Crippen molar-refractivity contribution in [1.29, 1.82) is 0 Å². The van der Waals surface area contributed by atoms with Crippen LogP contribution in [-0.2, 0) is 4.74 Å². The molecule has 1 aromatic rings. The number of hydrogen-bond donors (Lipinski definition) is 0. The molecular weight excluding hydrogens is 245 g/mol. The highest BCUT2D eigenvalue weighted by Crippen LogP contribution is 2.32. The third kappa shape index (κ3) is 2.30. The summed E-state index contributed by atoms with van der Waals surface area (Å²) in [7, 11) is 2.08. The average Bonchev–Trinajstić information content (AvgIpc) is 2.38. The topological polar surface area (TPSA) is 29.5 Å². The number of benzene rings is 1. The first-order chi connectivity index (χ1) is 9.16. The van der Waals surface area contributed by atoms with E-state index in [9.17, 15) is 9.18 Å². The molecule has 2 bridgehead atoms. The molecule has 2 unspecified atom stereocenters. The second-order valence-corrected chi connectivity index (χ2v) is 5.52. The van der Waals surface area contributed by atoms with E-state index in [1.165, 1.54) is 6.07 Å². The van der Waals surface area contributed by atoms with Crippen LogP contribution in [0.2, 0.25) is 0 Å². The van der Waals surface area contributed by atoms with Crippen LogP contribution < -0.4 is 0 Å². The molecule has 2 heterocycles. The predicted octanol–water partition coefficient (Wildman–Crippen LogP) is 2.12. The Hall–Kier alpha value is -1.26. The fraction of sp³-hybridized carbons (Fsp3) is 0.533. The minimum absolute atomic E-state index is 0.0527. The highest BCUT2D eigenvalue weighted by atomic mass is 19.1. The molecule has 0 radical (unpaired) electrons. The molecular formula is C15H18FNO2. The first-order valence-corrected chi connectivity index (χ1v) is 6.75. The quantitative estimate of drug-likeness (QED) is 0.765. The Kier molecular flexibility index (Phi) is 3.37. The summed E-state index contributed by atoms with van der Waals surface area (Å²) in [5, 5.41) is 0. The Bertz CT molecular complexity index is 477. The molecule has 0 spiro atoms. The summed E-state index contributed by atoms with van der Waals surface area (Å²) in [6.07, 6.45) is 1.53. The van der Waals surface area contributed by atoms with Crippen molar-refractivity contribution in [2.75, 3.05) is 20.3 Å². The number of nitrogens with zero attached hydrogens (tertiary/aromatic N) is 1. The lowest BCUT2D eigenvalue weighted by Crippen LogP contribution is -2.55. The van der Waals surface area contributed by atoms with Crippen molar-refractivity contribution in [3.8, 4) is 0 Å². The number of ketones is 1. The summed E-state index contributed by atoms with van der Waals surface area (Å²) in [4.78, 5) is 14.8. The number of morpholine rings is 1. The van der Waals surface area contributed by atoms with Gasteiger partial charge >= 0.3 is 0 Å². The van der Waals surface area contributed by atoms with Crippen molar-refractivity contribution >= 4 is 5.78 Å². The van der Waals surface area contributed by atoms with Gasteiger partial charge in [-0.3, -0.25) is 9.69 Å². The van der Waals surface area contributed by atoms with Crippen LogP contribution in [-0.4, -0.2) is 43.0 Å². The standard InChI is InChI=1S/C15H18FNO2/c1-17-11-6-10(7-12(17)9-19-8-11)15(18)13-4-2-3-5-14(13)16/h2-5,10-12H,6-9H2,1H3. The maximum Gasteiger partial charge on any atom is 0.169 e.